The lowest BCUT2D eigenvalue weighted by molar-refractivity contribution is -0.181. The van der Waals surface area contributed by atoms with Crippen molar-refractivity contribution in [2.45, 2.75) is 63.2 Å². The van der Waals surface area contributed by atoms with Crippen LogP contribution in [0.4, 0.5) is 0 Å². The van der Waals surface area contributed by atoms with Gasteiger partial charge in [0.2, 0.25) is 0 Å². The zero-order valence-corrected chi connectivity index (χ0v) is 11.3. The van der Waals surface area contributed by atoms with Gasteiger partial charge in [0.25, 0.3) is 11.8 Å². The number of likely N-dealkylation sites (tertiary alicyclic amines) is 1. The van der Waals surface area contributed by atoms with Crippen LogP contribution in [0.25, 0.3) is 0 Å². The fourth-order valence-corrected chi connectivity index (χ4v) is 3.62. The summed E-state index contributed by atoms with van der Waals surface area (Å²) in [5.41, 5.74) is -0.675. The summed E-state index contributed by atoms with van der Waals surface area (Å²) < 4.78 is 5.43. The van der Waals surface area contributed by atoms with Crippen molar-refractivity contribution < 1.29 is 19.4 Å². The number of carbonyl (C=O) groups excluding carboxylic acids is 2. The highest BCUT2D eigenvalue weighted by Gasteiger charge is 2.54. The third kappa shape index (κ3) is 1.91. The minimum Gasteiger partial charge on any atom is -0.394 e. The molecule has 0 spiro atoms. The van der Waals surface area contributed by atoms with Crippen LogP contribution >= 0.6 is 0 Å². The summed E-state index contributed by atoms with van der Waals surface area (Å²) in [4.78, 5) is 26.2. The van der Waals surface area contributed by atoms with Crippen molar-refractivity contribution >= 4 is 11.8 Å². The van der Waals surface area contributed by atoms with Crippen LogP contribution in [-0.4, -0.2) is 46.2 Å². The van der Waals surface area contributed by atoms with Gasteiger partial charge in [-0.2, -0.15) is 0 Å². The average molecular weight is 267 g/mol. The Morgan fingerprint density at radius 2 is 1.68 bits per heavy atom. The number of imide groups is 1. The molecule has 0 radical (unpaired) electrons. The number of nitrogens with zero attached hydrogens (tertiary/aromatic N) is 1. The first kappa shape index (κ1) is 13.1. The maximum Gasteiger partial charge on any atom is 0.259 e. The normalized spacial score (nSPS) is 42.8. The fraction of sp³-hybridized carbons (Fsp3) is 0.857. The van der Waals surface area contributed by atoms with Gasteiger partial charge >= 0.3 is 0 Å². The zero-order valence-electron chi connectivity index (χ0n) is 11.3. The van der Waals surface area contributed by atoms with Crippen LogP contribution in [0.3, 0.4) is 0 Å². The highest BCUT2D eigenvalue weighted by Crippen LogP contribution is 2.40. The molecule has 1 N–H and O–H groups in total. The second-order valence-electron chi connectivity index (χ2n) is 6.27. The van der Waals surface area contributed by atoms with Gasteiger partial charge in [0.05, 0.1) is 12.1 Å². The van der Waals surface area contributed by atoms with E-state index >= 15 is 0 Å². The quantitative estimate of drug-likeness (QED) is 0.753. The molecule has 106 valence electrons. The topological polar surface area (TPSA) is 66.8 Å². The summed E-state index contributed by atoms with van der Waals surface area (Å²) in [6.45, 7) is 2.05. The molecule has 3 aliphatic rings. The fourth-order valence-electron chi connectivity index (χ4n) is 3.62. The van der Waals surface area contributed by atoms with E-state index in [0.29, 0.717) is 31.6 Å². The maximum absolute atomic E-state index is 12.4. The number of aliphatic hydroxyl groups is 1. The van der Waals surface area contributed by atoms with Gasteiger partial charge in [0.1, 0.15) is 12.2 Å². The number of fused-ring (bicyclic) bond motifs is 2. The van der Waals surface area contributed by atoms with E-state index in [1.807, 2.05) is 0 Å². The van der Waals surface area contributed by atoms with Crippen LogP contribution in [0.5, 0.6) is 0 Å². The van der Waals surface area contributed by atoms with Gasteiger partial charge in [-0.3, -0.25) is 14.5 Å². The van der Waals surface area contributed by atoms with Crippen molar-refractivity contribution in [1.29, 1.82) is 0 Å². The summed E-state index contributed by atoms with van der Waals surface area (Å²) in [6, 6.07) is 0. The Bertz CT molecular complexity index is 378. The van der Waals surface area contributed by atoms with Gasteiger partial charge in [-0.05, 0) is 44.4 Å². The van der Waals surface area contributed by atoms with E-state index < -0.39 is 17.7 Å². The molecule has 3 fully saturated rings. The van der Waals surface area contributed by atoms with E-state index in [1.165, 1.54) is 4.90 Å². The van der Waals surface area contributed by atoms with Crippen LogP contribution in [0.1, 0.15) is 45.4 Å². The molecule has 2 heterocycles. The van der Waals surface area contributed by atoms with E-state index in [4.69, 9.17) is 4.74 Å². The number of ether oxygens (including phenoxy) is 1. The van der Waals surface area contributed by atoms with E-state index in [-0.39, 0.29) is 18.4 Å². The predicted octanol–water partition coefficient (Wildman–Crippen LogP) is 0.844. The Morgan fingerprint density at radius 3 is 2.16 bits per heavy atom. The van der Waals surface area contributed by atoms with Crippen LogP contribution in [-0.2, 0) is 14.3 Å². The van der Waals surface area contributed by atoms with Crippen molar-refractivity contribution in [2.24, 2.45) is 5.92 Å². The van der Waals surface area contributed by atoms with Crippen molar-refractivity contribution in [3.05, 3.63) is 0 Å². The van der Waals surface area contributed by atoms with Gasteiger partial charge in [-0.25, -0.2) is 0 Å². The lowest BCUT2D eigenvalue weighted by Crippen LogP contribution is -2.64. The molecule has 3 rings (SSSR count). The monoisotopic (exact) mass is 267 g/mol. The second kappa shape index (κ2) is 4.56. The molecule has 2 saturated heterocycles. The Hall–Kier alpha value is -0.940. The van der Waals surface area contributed by atoms with Crippen molar-refractivity contribution in [1.82, 2.24) is 4.90 Å². The van der Waals surface area contributed by atoms with Gasteiger partial charge in [0.15, 0.2) is 0 Å². The number of carbonyl (C=O) groups is 2. The summed E-state index contributed by atoms with van der Waals surface area (Å²) in [7, 11) is 0. The van der Waals surface area contributed by atoms with E-state index in [9.17, 15) is 14.7 Å². The second-order valence-corrected chi connectivity index (χ2v) is 6.27. The van der Waals surface area contributed by atoms with E-state index in [1.54, 1.807) is 0 Å². The molecule has 2 aliphatic heterocycles. The number of morpholine rings is 1. The molecule has 2 unspecified atom stereocenters. The van der Waals surface area contributed by atoms with Gasteiger partial charge in [0, 0.05) is 0 Å². The Kier molecular flexibility index (Phi) is 3.14. The summed E-state index contributed by atoms with van der Waals surface area (Å²) in [5, 5.41) is 9.82. The summed E-state index contributed by atoms with van der Waals surface area (Å²) in [5.74, 6) is 0.132. The number of hydrogen-bond acceptors (Lipinski definition) is 4. The minimum absolute atomic E-state index is 0.128. The standard InChI is InChI=1S/C14H21NO4/c1-9-4-6-14(8-16,7-5-9)15-12(17)10-2-3-11(19-10)13(15)18/h9-11,16H,2-8H2,1H3. The van der Waals surface area contributed by atoms with E-state index in [0.717, 1.165) is 12.8 Å². The molecule has 1 aliphatic carbocycles. The number of rotatable bonds is 2. The molecule has 5 heteroatoms. The Balaban J connectivity index is 1.90. The molecule has 1 saturated carbocycles. The summed E-state index contributed by atoms with van der Waals surface area (Å²) >= 11 is 0. The SMILES string of the molecule is CC1CCC(CO)(N2C(=O)C3CCC(O3)C2=O)CC1. The van der Waals surface area contributed by atoms with Crippen LogP contribution in [0.15, 0.2) is 0 Å². The molecule has 0 aromatic carbocycles. The summed E-state index contributed by atoms with van der Waals surface area (Å²) in [6.07, 6.45) is 3.65. The molecule has 0 aromatic heterocycles. The number of hydrogen-bond donors (Lipinski definition) is 1. The Morgan fingerprint density at radius 1 is 1.16 bits per heavy atom. The van der Waals surface area contributed by atoms with Crippen LogP contribution in [0, 0.1) is 5.92 Å². The largest absolute Gasteiger partial charge is 0.394 e. The lowest BCUT2D eigenvalue weighted by Gasteiger charge is -2.47. The van der Waals surface area contributed by atoms with Crippen LogP contribution in [0.2, 0.25) is 0 Å². The van der Waals surface area contributed by atoms with E-state index in [2.05, 4.69) is 6.92 Å². The smallest absolute Gasteiger partial charge is 0.259 e. The molecule has 2 atom stereocenters. The minimum atomic E-state index is -0.675. The van der Waals surface area contributed by atoms with Crippen LogP contribution < -0.4 is 0 Å². The predicted molar refractivity (Wildman–Crippen MR) is 67.2 cm³/mol. The molecule has 2 bridgehead atoms. The Labute approximate surface area is 112 Å². The number of amides is 2. The van der Waals surface area contributed by atoms with Crippen molar-refractivity contribution in [3.8, 4) is 0 Å². The third-order valence-electron chi connectivity index (χ3n) is 4.98. The lowest BCUT2D eigenvalue weighted by atomic mass is 9.76. The first-order valence-electron chi connectivity index (χ1n) is 7.22. The molecule has 0 aromatic rings. The number of aliphatic hydroxyl groups excluding tert-OH is 1. The zero-order chi connectivity index (χ0) is 13.6. The highest BCUT2D eigenvalue weighted by atomic mass is 16.5. The third-order valence-corrected chi connectivity index (χ3v) is 4.98. The highest BCUT2D eigenvalue weighted by molar-refractivity contribution is 6.03. The first-order chi connectivity index (χ1) is 9.07. The molecule has 2 amide bonds. The van der Waals surface area contributed by atoms with Crippen molar-refractivity contribution in [2.75, 3.05) is 6.61 Å². The maximum atomic E-state index is 12.4. The van der Waals surface area contributed by atoms with Gasteiger partial charge in [-0.1, -0.05) is 6.92 Å². The van der Waals surface area contributed by atoms with Gasteiger partial charge < -0.3 is 9.84 Å². The van der Waals surface area contributed by atoms with Gasteiger partial charge in [-0.15, -0.1) is 0 Å². The molecular weight excluding hydrogens is 246 g/mol. The van der Waals surface area contributed by atoms with Crippen molar-refractivity contribution in [3.63, 3.8) is 0 Å². The molecule has 5 nitrogen and oxygen atoms in total. The molecule has 19 heavy (non-hydrogen) atoms. The first-order valence-corrected chi connectivity index (χ1v) is 7.22. The average Bonchev–Trinajstić information content (AvgIpc) is 2.86. The molecular formula is C14H21NO4.